The number of carbonyl (C=O) groups is 1. The maximum absolute atomic E-state index is 12.0. The smallest absolute Gasteiger partial charge is 0.311 e. The Bertz CT molecular complexity index is 675. The van der Waals surface area contributed by atoms with E-state index in [2.05, 4.69) is 0 Å². The minimum absolute atomic E-state index is 0.132. The van der Waals surface area contributed by atoms with Crippen LogP contribution in [0.2, 0.25) is 0 Å². The van der Waals surface area contributed by atoms with Crippen LogP contribution in [0, 0.1) is 5.41 Å². The Morgan fingerprint density at radius 1 is 1.00 bits per heavy atom. The zero-order valence-corrected chi connectivity index (χ0v) is 19.7. The Kier molecular flexibility index (Phi) is 6.91. The van der Waals surface area contributed by atoms with E-state index in [-0.39, 0.29) is 30.9 Å². The van der Waals surface area contributed by atoms with Crippen LogP contribution < -0.4 is 0 Å². The molecule has 4 aliphatic heterocycles. The van der Waals surface area contributed by atoms with Crippen molar-refractivity contribution in [3.05, 3.63) is 0 Å². The Morgan fingerprint density at radius 3 is 2.38 bits per heavy atom. The maximum Gasteiger partial charge on any atom is 0.311 e. The van der Waals surface area contributed by atoms with Gasteiger partial charge in [-0.25, -0.2) is 0 Å². The molecule has 4 saturated heterocycles. The van der Waals surface area contributed by atoms with Crippen LogP contribution >= 0.6 is 0 Å². The van der Waals surface area contributed by atoms with Crippen molar-refractivity contribution in [2.24, 2.45) is 5.41 Å². The van der Waals surface area contributed by atoms with Crippen molar-refractivity contribution in [3.8, 4) is 0 Å². The lowest BCUT2D eigenvalue weighted by atomic mass is 9.88. The molecule has 0 spiro atoms. The summed E-state index contributed by atoms with van der Waals surface area (Å²) in [6.45, 7) is 9.88. The molecule has 9 nitrogen and oxygen atoms in total. The van der Waals surface area contributed by atoms with E-state index in [0.717, 1.165) is 6.42 Å². The first kappa shape index (κ1) is 24.3. The highest BCUT2D eigenvalue weighted by atomic mass is 16.7. The van der Waals surface area contributed by atoms with Crippen molar-refractivity contribution in [3.63, 3.8) is 0 Å². The van der Waals surface area contributed by atoms with E-state index in [1.165, 1.54) is 0 Å². The molecule has 0 aliphatic carbocycles. The quantitative estimate of drug-likeness (QED) is 0.589. The molecule has 4 heterocycles. The van der Waals surface area contributed by atoms with Gasteiger partial charge in [0.25, 0.3) is 0 Å². The summed E-state index contributed by atoms with van der Waals surface area (Å²) in [5.41, 5.74) is -0.538. The highest BCUT2D eigenvalue weighted by Crippen LogP contribution is 2.40. The largest absolute Gasteiger partial charge is 0.465 e. The van der Waals surface area contributed by atoms with E-state index < -0.39 is 47.8 Å². The summed E-state index contributed by atoms with van der Waals surface area (Å²) in [4.78, 5) is 12.0. The molecule has 0 unspecified atom stereocenters. The van der Waals surface area contributed by atoms with Gasteiger partial charge in [-0.1, -0.05) is 0 Å². The number of ether oxygens (including phenoxy) is 6. The Balaban J connectivity index is 1.30. The SMILES string of the molecule is CC1(C)OC[C@@H](C[C@H]2O[C@H]3[C@@H](O)[C@H]4O[C@@H](CCOC(=O)C(C)(C)C)CC[C@@H]4O[C@H]3[C@H]2O)O1. The third kappa shape index (κ3) is 5.14. The van der Waals surface area contributed by atoms with Crippen molar-refractivity contribution in [2.75, 3.05) is 13.2 Å². The van der Waals surface area contributed by atoms with E-state index in [9.17, 15) is 15.0 Å². The average Bonchev–Trinajstić information content (AvgIpc) is 3.21. The highest BCUT2D eigenvalue weighted by molar-refractivity contribution is 5.75. The van der Waals surface area contributed by atoms with Crippen LogP contribution in [0.25, 0.3) is 0 Å². The molecule has 4 rings (SSSR count). The third-order valence-electron chi connectivity index (χ3n) is 6.72. The molecule has 0 bridgehead atoms. The van der Waals surface area contributed by atoms with Crippen LogP contribution in [0.15, 0.2) is 0 Å². The normalized spacial score (nSPS) is 43.5. The third-order valence-corrected chi connectivity index (χ3v) is 6.72. The molecule has 4 fully saturated rings. The molecule has 0 aromatic heterocycles. The average molecular weight is 459 g/mol. The molecular formula is C23H38O9. The highest BCUT2D eigenvalue weighted by Gasteiger charge is 2.57. The lowest BCUT2D eigenvalue weighted by molar-refractivity contribution is -0.260. The second kappa shape index (κ2) is 9.09. The Morgan fingerprint density at radius 2 is 1.72 bits per heavy atom. The van der Waals surface area contributed by atoms with Gasteiger partial charge in [-0.2, -0.15) is 0 Å². The number of fused-ring (bicyclic) bond motifs is 2. The van der Waals surface area contributed by atoms with Gasteiger partial charge in [-0.05, 0) is 47.5 Å². The molecular weight excluding hydrogens is 420 g/mol. The van der Waals surface area contributed by atoms with Gasteiger partial charge in [-0.3, -0.25) is 4.79 Å². The van der Waals surface area contributed by atoms with Gasteiger partial charge in [0.05, 0.1) is 43.0 Å². The summed E-state index contributed by atoms with van der Waals surface area (Å²) < 4.78 is 35.1. The van der Waals surface area contributed by atoms with E-state index in [4.69, 9.17) is 28.4 Å². The fraction of sp³-hybridized carbons (Fsp3) is 0.957. The van der Waals surface area contributed by atoms with Crippen molar-refractivity contribution in [1.29, 1.82) is 0 Å². The molecule has 9 heteroatoms. The number of rotatable bonds is 5. The molecule has 0 saturated carbocycles. The van der Waals surface area contributed by atoms with Gasteiger partial charge in [-0.15, -0.1) is 0 Å². The van der Waals surface area contributed by atoms with Gasteiger partial charge >= 0.3 is 5.97 Å². The molecule has 184 valence electrons. The van der Waals surface area contributed by atoms with Crippen molar-refractivity contribution in [1.82, 2.24) is 0 Å². The van der Waals surface area contributed by atoms with Gasteiger partial charge in [0.15, 0.2) is 5.79 Å². The molecule has 32 heavy (non-hydrogen) atoms. The second-order valence-corrected chi connectivity index (χ2v) is 10.9. The van der Waals surface area contributed by atoms with Crippen molar-refractivity contribution < 1.29 is 43.4 Å². The number of hydrogen-bond donors (Lipinski definition) is 2. The van der Waals surface area contributed by atoms with Crippen LogP contribution in [0.3, 0.4) is 0 Å². The lowest BCUT2D eigenvalue weighted by Crippen LogP contribution is -2.61. The van der Waals surface area contributed by atoms with Gasteiger partial charge < -0.3 is 38.6 Å². The van der Waals surface area contributed by atoms with Crippen LogP contribution in [0.1, 0.15) is 60.3 Å². The topological polar surface area (TPSA) is 113 Å². The summed E-state index contributed by atoms with van der Waals surface area (Å²) in [5, 5.41) is 21.8. The second-order valence-electron chi connectivity index (χ2n) is 10.9. The lowest BCUT2D eigenvalue weighted by Gasteiger charge is -2.46. The first-order valence-electron chi connectivity index (χ1n) is 11.8. The molecule has 0 aromatic rings. The van der Waals surface area contributed by atoms with Crippen LogP contribution in [0.4, 0.5) is 0 Å². The van der Waals surface area contributed by atoms with Crippen LogP contribution in [0.5, 0.6) is 0 Å². The first-order valence-corrected chi connectivity index (χ1v) is 11.8. The van der Waals surface area contributed by atoms with Gasteiger partial charge in [0.1, 0.15) is 30.5 Å². The summed E-state index contributed by atoms with van der Waals surface area (Å²) >= 11 is 0. The zero-order chi connectivity index (χ0) is 23.3. The summed E-state index contributed by atoms with van der Waals surface area (Å²) in [5.74, 6) is -0.884. The number of carbonyl (C=O) groups excluding carboxylic acids is 1. The summed E-state index contributed by atoms with van der Waals surface area (Å²) in [6, 6.07) is 0. The molecule has 0 radical (unpaired) electrons. The predicted octanol–water partition coefficient (Wildman–Crippen LogP) is 1.31. The maximum atomic E-state index is 12.0. The number of esters is 1. The minimum Gasteiger partial charge on any atom is -0.465 e. The summed E-state index contributed by atoms with van der Waals surface area (Å²) in [6.07, 6.45) is -2.21. The summed E-state index contributed by atoms with van der Waals surface area (Å²) in [7, 11) is 0. The number of aliphatic hydroxyl groups is 2. The Hall–Kier alpha value is -0.810. The monoisotopic (exact) mass is 458 g/mol. The van der Waals surface area contributed by atoms with Crippen LogP contribution in [-0.2, 0) is 33.2 Å². The zero-order valence-electron chi connectivity index (χ0n) is 19.7. The molecule has 0 aromatic carbocycles. The number of aliphatic hydroxyl groups excluding tert-OH is 2. The fourth-order valence-electron chi connectivity index (χ4n) is 4.97. The van der Waals surface area contributed by atoms with Crippen molar-refractivity contribution in [2.45, 2.75) is 121 Å². The van der Waals surface area contributed by atoms with E-state index >= 15 is 0 Å². The molecule has 0 amide bonds. The first-order chi connectivity index (χ1) is 14.9. The van der Waals surface area contributed by atoms with E-state index in [0.29, 0.717) is 25.9 Å². The Labute approximate surface area is 189 Å². The molecule has 4 aliphatic rings. The molecule has 2 N–H and O–H groups in total. The van der Waals surface area contributed by atoms with Gasteiger partial charge in [0.2, 0.25) is 0 Å². The van der Waals surface area contributed by atoms with Crippen molar-refractivity contribution >= 4 is 5.97 Å². The minimum atomic E-state index is -0.907. The van der Waals surface area contributed by atoms with Gasteiger partial charge in [0, 0.05) is 12.8 Å². The fourth-order valence-corrected chi connectivity index (χ4v) is 4.97. The standard InChI is InChI=1S/C23H38O9/c1-22(2,3)21(26)27-9-8-12-6-7-14-18(29-12)17(25)20-19(30-14)16(24)15(31-20)10-13-11-28-23(4,5)32-13/h12-20,24-25H,6-11H2,1-5H3/t12-,13-,14+,15-,16+,17+,18+,19+,20+/m1/s1. The van der Waals surface area contributed by atoms with Crippen LogP contribution in [-0.4, -0.2) is 90.1 Å². The van der Waals surface area contributed by atoms with E-state index in [1.54, 1.807) is 0 Å². The number of hydrogen-bond acceptors (Lipinski definition) is 9. The predicted molar refractivity (Wildman–Crippen MR) is 112 cm³/mol. The van der Waals surface area contributed by atoms with E-state index in [1.807, 2.05) is 34.6 Å². The molecule has 9 atom stereocenters.